The van der Waals surface area contributed by atoms with Gasteiger partial charge in [0.25, 0.3) is 0 Å². The minimum Gasteiger partial charge on any atom is -1.00 e. The standard InChI is InChI=1S/C6H6S.C4H9.Cu.Li.H/c7-6-4-2-1-3-5-6;1-4(2)3;;;/h1-5,7H;1-3H3;;;/q;-1;2*+1;-1. The summed E-state index contributed by atoms with van der Waals surface area (Å²) in [7, 11) is 0. The molecule has 0 unspecified atom stereocenters. The first kappa shape index (κ1) is 19.3. The van der Waals surface area contributed by atoms with Gasteiger partial charge in [-0.2, -0.15) is 20.8 Å². The van der Waals surface area contributed by atoms with Crippen LogP contribution in [0.3, 0.4) is 0 Å². The molecule has 0 fully saturated rings. The fourth-order valence-electron chi connectivity index (χ4n) is 0.428. The van der Waals surface area contributed by atoms with Gasteiger partial charge in [-0.3, -0.25) is 0 Å². The van der Waals surface area contributed by atoms with Crippen molar-refractivity contribution in [1.82, 2.24) is 0 Å². The minimum absolute atomic E-state index is 0. The van der Waals surface area contributed by atoms with Crippen LogP contribution in [0, 0.1) is 5.92 Å². The first-order valence-electron chi connectivity index (χ1n) is 3.63. The van der Waals surface area contributed by atoms with Gasteiger partial charge in [-0.15, -0.1) is 12.6 Å². The largest absolute Gasteiger partial charge is 1.00 e. The molecule has 0 saturated heterocycles. The Bertz CT molecular complexity index is 180. The van der Waals surface area contributed by atoms with E-state index in [9.17, 15) is 0 Å². The molecule has 1 aromatic rings. The van der Waals surface area contributed by atoms with Crippen molar-refractivity contribution in [3.05, 3.63) is 36.2 Å². The SMILES string of the molecule is C[C-](C)C.Sc1ccccc1.[Cu+].[H-].[Li+]. The van der Waals surface area contributed by atoms with Crippen molar-refractivity contribution < 1.29 is 37.4 Å². The maximum atomic E-state index is 4.08. The molecule has 1 aromatic carbocycles. The Labute approximate surface area is 111 Å². The van der Waals surface area contributed by atoms with Gasteiger partial charge in [0.2, 0.25) is 0 Å². The second kappa shape index (κ2) is 12.7. The number of thiol groups is 1. The number of benzene rings is 1. The van der Waals surface area contributed by atoms with Crippen LogP contribution in [0.5, 0.6) is 0 Å². The predicted molar refractivity (Wildman–Crippen MR) is 55.1 cm³/mol. The maximum absolute atomic E-state index is 4.08. The summed E-state index contributed by atoms with van der Waals surface area (Å²) in [5.41, 5.74) is 0. The van der Waals surface area contributed by atoms with Crippen LogP contribution in [0.1, 0.15) is 22.2 Å². The van der Waals surface area contributed by atoms with Crippen molar-refractivity contribution in [2.24, 2.45) is 0 Å². The molecule has 13 heavy (non-hydrogen) atoms. The molecule has 0 aromatic heterocycles. The average Bonchev–Trinajstić information content (AvgIpc) is 1.87. The summed E-state index contributed by atoms with van der Waals surface area (Å²) >= 11 is 4.08. The van der Waals surface area contributed by atoms with Crippen molar-refractivity contribution in [2.75, 3.05) is 0 Å². The summed E-state index contributed by atoms with van der Waals surface area (Å²) < 4.78 is 0. The third kappa shape index (κ3) is 19.2. The van der Waals surface area contributed by atoms with E-state index >= 15 is 0 Å². The van der Waals surface area contributed by atoms with Crippen molar-refractivity contribution in [2.45, 2.75) is 25.7 Å². The molecule has 0 nitrogen and oxygen atoms in total. The summed E-state index contributed by atoms with van der Waals surface area (Å²) in [6, 6.07) is 9.79. The second-order valence-electron chi connectivity index (χ2n) is 2.84. The van der Waals surface area contributed by atoms with E-state index in [0.717, 1.165) is 4.90 Å². The van der Waals surface area contributed by atoms with Crippen molar-refractivity contribution >= 4 is 12.6 Å². The van der Waals surface area contributed by atoms with Gasteiger partial charge < -0.3 is 7.34 Å². The molecule has 74 valence electrons. The molecule has 0 bridgehead atoms. The average molecular weight is 239 g/mol. The normalized spacial score (nSPS) is 7.46. The van der Waals surface area contributed by atoms with Gasteiger partial charge in [0.05, 0.1) is 0 Å². The molecule has 0 heterocycles. The first-order valence-corrected chi connectivity index (χ1v) is 4.08. The Morgan fingerprint density at radius 2 is 1.38 bits per heavy atom. The quantitative estimate of drug-likeness (QED) is 0.384. The van der Waals surface area contributed by atoms with Crippen LogP contribution in [0.4, 0.5) is 0 Å². The van der Waals surface area contributed by atoms with Gasteiger partial charge in [0.1, 0.15) is 0 Å². The fourth-order valence-corrected chi connectivity index (χ4v) is 0.600. The van der Waals surface area contributed by atoms with E-state index < -0.39 is 0 Å². The zero-order chi connectivity index (χ0) is 8.69. The molecule has 0 aliphatic heterocycles. The molecular formula is C10H16CuLiS. The van der Waals surface area contributed by atoms with Crippen LogP contribution >= 0.6 is 12.6 Å². The second-order valence-corrected chi connectivity index (χ2v) is 3.35. The first-order chi connectivity index (χ1) is 5.13. The predicted octanol–water partition coefficient (Wildman–Crippen LogP) is 0.710. The van der Waals surface area contributed by atoms with Crippen molar-refractivity contribution in [1.29, 1.82) is 0 Å². The maximum Gasteiger partial charge on any atom is 1.00 e. The van der Waals surface area contributed by atoms with E-state index in [1.54, 1.807) is 0 Å². The van der Waals surface area contributed by atoms with Crippen LogP contribution in [0.25, 0.3) is 0 Å². The molecule has 3 heteroatoms. The fraction of sp³-hybridized carbons (Fsp3) is 0.300. The number of hydrogen-bond donors (Lipinski definition) is 1. The van der Waals surface area contributed by atoms with E-state index in [4.69, 9.17) is 0 Å². The minimum atomic E-state index is 0. The van der Waals surface area contributed by atoms with E-state index in [0.29, 0.717) is 0 Å². The van der Waals surface area contributed by atoms with Gasteiger partial charge >= 0.3 is 35.9 Å². The van der Waals surface area contributed by atoms with Gasteiger partial charge in [-0.1, -0.05) is 18.2 Å². The summed E-state index contributed by atoms with van der Waals surface area (Å²) in [5, 5.41) is 0. The zero-order valence-corrected chi connectivity index (χ0v) is 10.5. The van der Waals surface area contributed by atoms with E-state index in [1.165, 1.54) is 5.92 Å². The Balaban J connectivity index is -0.0000000650. The molecule has 0 saturated carbocycles. The number of rotatable bonds is 0. The number of hydrogen-bond acceptors (Lipinski definition) is 1. The van der Waals surface area contributed by atoms with Crippen molar-refractivity contribution in [3.8, 4) is 0 Å². The third-order valence-electron chi connectivity index (χ3n) is 0.756. The Morgan fingerprint density at radius 1 is 1.08 bits per heavy atom. The summed E-state index contributed by atoms with van der Waals surface area (Å²) in [5.74, 6) is 1.42. The van der Waals surface area contributed by atoms with Crippen LogP contribution in [-0.2, 0) is 17.1 Å². The third-order valence-corrected chi connectivity index (χ3v) is 1.05. The monoisotopic (exact) mass is 238 g/mol. The van der Waals surface area contributed by atoms with Gasteiger partial charge in [0, 0.05) is 4.90 Å². The van der Waals surface area contributed by atoms with E-state index in [2.05, 4.69) is 33.4 Å². The Morgan fingerprint density at radius 3 is 1.54 bits per heavy atom. The van der Waals surface area contributed by atoms with Gasteiger partial charge in [-0.05, 0) is 12.1 Å². The molecule has 0 atom stereocenters. The zero-order valence-electron chi connectivity index (χ0n) is 9.64. The van der Waals surface area contributed by atoms with E-state index in [1.807, 2.05) is 30.3 Å². The van der Waals surface area contributed by atoms with Crippen LogP contribution in [0.2, 0.25) is 0 Å². The summed E-state index contributed by atoms with van der Waals surface area (Å²) in [6.45, 7) is 6.25. The molecule has 1 rings (SSSR count). The molecular weight excluding hydrogens is 223 g/mol. The van der Waals surface area contributed by atoms with E-state index in [-0.39, 0.29) is 37.4 Å². The molecule has 0 radical (unpaired) electrons. The Kier molecular flexibility index (Phi) is 18.8. The molecule has 0 spiro atoms. The summed E-state index contributed by atoms with van der Waals surface area (Å²) in [6.07, 6.45) is 0. The summed E-state index contributed by atoms with van der Waals surface area (Å²) in [4.78, 5) is 1.02. The molecule has 0 N–H and O–H groups in total. The van der Waals surface area contributed by atoms with Crippen LogP contribution in [0.15, 0.2) is 35.2 Å². The Hall–Kier alpha value is 0.687. The van der Waals surface area contributed by atoms with Crippen molar-refractivity contribution in [3.63, 3.8) is 0 Å². The van der Waals surface area contributed by atoms with Gasteiger partial charge in [0.15, 0.2) is 0 Å². The molecule has 0 amide bonds. The smallest absolute Gasteiger partial charge is 1.00 e. The van der Waals surface area contributed by atoms with Gasteiger partial charge in [-0.25, -0.2) is 0 Å². The topological polar surface area (TPSA) is 0 Å². The van der Waals surface area contributed by atoms with Crippen LogP contribution < -0.4 is 18.9 Å². The molecule has 0 aliphatic carbocycles. The van der Waals surface area contributed by atoms with Crippen LogP contribution in [-0.4, -0.2) is 0 Å². The molecule has 0 aliphatic rings.